The molecule has 37 heavy (non-hydrogen) atoms. The Morgan fingerprint density at radius 1 is 0.973 bits per heavy atom. The Balaban J connectivity index is 3.30. The summed E-state index contributed by atoms with van der Waals surface area (Å²) in [5, 5.41) is 0. The molecule has 0 aromatic carbocycles. The summed E-state index contributed by atoms with van der Waals surface area (Å²) in [7, 11) is 0. The first-order chi connectivity index (χ1) is 16.9. The fourth-order valence-electron chi connectivity index (χ4n) is 3.69. The maximum atomic E-state index is 13.4. The van der Waals surface area contributed by atoms with E-state index in [1.54, 1.807) is 48.5 Å². The number of cyclic esters (lactones) is 1. The highest BCUT2D eigenvalue weighted by atomic mass is 16.6. The smallest absolute Gasteiger partial charge is 0.420 e. The maximum Gasteiger partial charge on any atom is 0.420 e. The van der Waals surface area contributed by atoms with Gasteiger partial charge in [-0.05, 0) is 80.6 Å². The van der Waals surface area contributed by atoms with Gasteiger partial charge in [0.05, 0.1) is 12.7 Å². The molecule has 0 bridgehead atoms. The van der Waals surface area contributed by atoms with Gasteiger partial charge in [-0.1, -0.05) is 13.8 Å². The van der Waals surface area contributed by atoms with Gasteiger partial charge in [-0.3, -0.25) is 4.79 Å². The van der Waals surface area contributed by atoms with Crippen molar-refractivity contribution < 1.29 is 42.9 Å². The minimum atomic E-state index is -1.26. The molecule has 0 aromatic heterocycles. The SMILES string of the molecule is CC(=O)CCO[C@H]1[C@H](C)OC(=O)[C@@H](N(C(=O)OC(C)(C)C)C(=O)OC(C)(C)C)CCC[C@@H]1OCC(C)C. The van der Waals surface area contributed by atoms with Gasteiger partial charge in [0.15, 0.2) is 0 Å². The van der Waals surface area contributed by atoms with E-state index in [0.29, 0.717) is 24.3 Å². The Labute approximate surface area is 221 Å². The average molecular weight is 530 g/mol. The summed E-state index contributed by atoms with van der Waals surface area (Å²) in [6.07, 6.45) is -2.50. The van der Waals surface area contributed by atoms with E-state index < -0.39 is 53.7 Å². The summed E-state index contributed by atoms with van der Waals surface area (Å²) < 4.78 is 28.8. The second kappa shape index (κ2) is 14.1. The van der Waals surface area contributed by atoms with Crippen molar-refractivity contribution in [1.29, 1.82) is 0 Å². The number of carbonyl (C=O) groups is 4. The van der Waals surface area contributed by atoms with Crippen LogP contribution in [0.25, 0.3) is 0 Å². The number of rotatable bonds is 8. The first kappa shape index (κ1) is 32.8. The number of Topliss-reactive ketones (excluding diaryl/α,β-unsaturated/α-hetero) is 1. The molecule has 1 saturated heterocycles. The number of hydrogen-bond donors (Lipinski definition) is 0. The predicted molar refractivity (Wildman–Crippen MR) is 137 cm³/mol. The van der Waals surface area contributed by atoms with E-state index in [-0.39, 0.29) is 31.1 Å². The van der Waals surface area contributed by atoms with E-state index in [1.165, 1.54) is 6.92 Å². The van der Waals surface area contributed by atoms with Crippen LogP contribution in [-0.4, -0.2) is 77.6 Å². The maximum absolute atomic E-state index is 13.4. The number of hydrogen-bond acceptors (Lipinski definition) is 9. The lowest BCUT2D eigenvalue weighted by molar-refractivity contribution is -0.171. The second-order valence-corrected chi connectivity index (χ2v) is 12.0. The largest absolute Gasteiger partial charge is 0.458 e. The Bertz CT molecular complexity index is 754. The van der Waals surface area contributed by atoms with Gasteiger partial charge in [0.1, 0.15) is 35.2 Å². The zero-order valence-corrected chi connectivity index (χ0v) is 24.3. The van der Waals surface area contributed by atoms with Crippen LogP contribution >= 0.6 is 0 Å². The number of nitrogens with zero attached hydrogens (tertiary/aromatic N) is 1. The van der Waals surface area contributed by atoms with Gasteiger partial charge in [0, 0.05) is 13.0 Å². The van der Waals surface area contributed by atoms with Crippen molar-refractivity contribution in [2.24, 2.45) is 5.92 Å². The number of imide groups is 1. The summed E-state index contributed by atoms with van der Waals surface area (Å²) in [5.74, 6) is -0.516. The number of esters is 1. The Hall–Kier alpha value is -2.20. The van der Waals surface area contributed by atoms with Gasteiger partial charge in [-0.2, -0.15) is 4.90 Å². The molecule has 1 aliphatic heterocycles. The van der Waals surface area contributed by atoms with Crippen LogP contribution in [-0.2, 0) is 33.3 Å². The lowest BCUT2D eigenvalue weighted by atomic mass is 10.0. The lowest BCUT2D eigenvalue weighted by Crippen LogP contribution is -2.53. The highest BCUT2D eigenvalue weighted by Gasteiger charge is 2.43. The minimum absolute atomic E-state index is 0.0159. The molecular weight excluding hydrogens is 482 g/mol. The first-order valence-corrected chi connectivity index (χ1v) is 13.1. The molecule has 1 rings (SSSR count). The lowest BCUT2D eigenvalue weighted by Gasteiger charge is -2.33. The van der Waals surface area contributed by atoms with E-state index in [9.17, 15) is 19.2 Å². The molecule has 214 valence electrons. The quantitative estimate of drug-likeness (QED) is 0.314. The number of amides is 2. The van der Waals surface area contributed by atoms with Gasteiger partial charge in [0.25, 0.3) is 0 Å². The molecule has 0 aliphatic carbocycles. The fraction of sp³-hybridized carbons (Fsp3) is 0.852. The van der Waals surface area contributed by atoms with Crippen LogP contribution in [0.1, 0.15) is 94.9 Å². The summed E-state index contributed by atoms with van der Waals surface area (Å²) in [4.78, 5) is 51.8. The molecule has 0 spiro atoms. The molecule has 2 amide bonds. The Morgan fingerprint density at radius 3 is 1.97 bits per heavy atom. The van der Waals surface area contributed by atoms with Crippen LogP contribution in [0.15, 0.2) is 0 Å². The predicted octanol–water partition coefficient (Wildman–Crippen LogP) is 5.05. The van der Waals surface area contributed by atoms with Crippen molar-refractivity contribution in [3.05, 3.63) is 0 Å². The van der Waals surface area contributed by atoms with Gasteiger partial charge in [0.2, 0.25) is 0 Å². The molecule has 1 heterocycles. The van der Waals surface area contributed by atoms with Crippen LogP contribution in [0.2, 0.25) is 0 Å². The molecule has 4 atom stereocenters. The normalized spacial score (nSPS) is 23.4. The standard InChI is InChI=1S/C27H47NO9/c1-17(2)16-34-21-13-11-12-20(23(30)35-19(4)22(21)33-15-14-18(3)29)28(24(31)36-26(5,6)7)25(32)37-27(8,9)10/h17,19-22H,11-16H2,1-10H3/t19-,20-,21-,22-/m0/s1. The summed E-state index contributed by atoms with van der Waals surface area (Å²) in [5.41, 5.74) is -1.81. The molecule has 0 N–H and O–H groups in total. The molecular formula is C27H47NO9. The van der Waals surface area contributed by atoms with Gasteiger partial charge >= 0.3 is 18.2 Å². The third kappa shape index (κ3) is 12.3. The average Bonchev–Trinajstić information content (AvgIpc) is 2.74. The molecule has 1 fully saturated rings. The van der Waals surface area contributed by atoms with E-state index in [1.807, 2.05) is 13.8 Å². The molecule has 10 heteroatoms. The third-order valence-electron chi connectivity index (χ3n) is 5.27. The Morgan fingerprint density at radius 2 is 1.51 bits per heavy atom. The van der Waals surface area contributed by atoms with Crippen molar-refractivity contribution in [3.63, 3.8) is 0 Å². The number of ether oxygens (including phenoxy) is 5. The Kier molecular flexibility index (Phi) is 12.5. The van der Waals surface area contributed by atoms with Crippen LogP contribution in [0.4, 0.5) is 9.59 Å². The van der Waals surface area contributed by atoms with E-state index >= 15 is 0 Å². The highest BCUT2D eigenvalue weighted by molar-refractivity contribution is 5.94. The number of carbonyl (C=O) groups excluding carboxylic acids is 4. The second-order valence-electron chi connectivity index (χ2n) is 12.0. The van der Waals surface area contributed by atoms with Crippen molar-refractivity contribution in [2.45, 2.75) is 130 Å². The molecule has 0 radical (unpaired) electrons. The summed E-state index contributed by atoms with van der Waals surface area (Å²) in [6.45, 7) is 17.9. The van der Waals surface area contributed by atoms with Crippen LogP contribution in [0.5, 0.6) is 0 Å². The van der Waals surface area contributed by atoms with E-state index in [2.05, 4.69) is 0 Å². The fourth-order valence-corrected chi connectivity index (χ4v) is 3.69. The highest BCUT2D eigenvalue weighted by Crippen LogP contribution is 2.26. The van der Waals surface area contributed by atoms with E-state index in [0.717, 1.165) is 0 Å². The van der Waals surface area contributed by atoms with Gasteiger partial charge < -0.3 is 23.7 Å². The van der Waals surface area contributed by atoms with Crippen molar-refractivity contribution in [2.75, 3.05) is 13.2 Å². The van der Waals surface area contributed by atoms with Crippen molar-refractivity contribution in [3.8, 4) is 0 Å². The number of ketones is 1. The molecule has 0 aromatic rings. The van der Waals surface area contributed by atoms with Crippen LogP contribution in [0, 0.1) is 5.92 Å². The molecule has 0 unspecified atom stereocenters. The van der Waals surface area contributed by atoms with Crippen LogP contribution < -0.4 is 0 Å². The van der Waals surface area contributed by atoms with Crippen molar-refractivity contribution in [1.82, 2.24) is 4.90 Å². The van der Waals surface area contributed by atoms with Crippen LogP contribution in [0.3, 0.4) is 0 Å². The molecule has 10 nitrogen and oxygen atoms in total. The monoisotopic (exact) mass is 529 g/mol. The zero-order chi connectivity index (χ0) is 28.6. The summed E-state index contributed by atoms with van der Waals surface area (Å²) >= 11 is 0. The van der Waals surface area contributed by atoms with Gasteiger partial charge in [-0.15, -0.1) is 0 Å². The zero-order valence-electron chi connectivity index (χ0n) is 24.3. The van der Waals surface area contributed by atoms with Gasteiger partial charge in [-0.25, -0.2) is 14.4 Å². The topological polar surface area (TPSA) is 118 Å². The molecule has 1 aliphatic rings. The first-order valence-electron chi connectivity index (χ1n) is 13.1. The van der Waals surface area contributed by atoms with Crippen molar-refractivity contribution >= 4 is 23.9 Å². The van der Waals surface area contributed by atoms with E-state index in [4.69, 9.17) is 23.7 Å². The minimum Gasteiger partial charge on any atom is -0.458 e. The summed E-state index contributed by atoms with van der Waals surface area (Å²) in [6, 6.07) is -1.26. The molecule has 0 saturated carbocycles. The third-order valence-corrected chi connectivity index (χ3v) is 5.27.